The first kappa shape index (κ1) is 30.2. The highest BCUT2D eigenvalue weighted by Crippen LogP contribution is 2.17. The van der Waals surface area contributed by atoms with Crippen LogP contribution in [0, 0.1) is 16.6 Å². The Morgan fingerprint density at radius 1 is 1.06 bits per heavy atom. The molecule has 0 fully saturated rings. The van der Waals surface area contributed by atoms with Crippen LogP contribution in [0.15, 0.2) is 24.3 Å². The fourth-order valence-corrected chi connectivity index (χ4v) is 3.28. The van der Waals surface area contributed by atoms with Gasteiger partial charge in [0.2, 0.25) is 0 Å². The molecule has 1 aromatic rings. The molecular formula is C25H41N3O5S. The minimum absolute atomic E-state index is 0.156. The van der Waals surface area contributed by atoms with Crippen molar-refractivity contribution in [2.24, 2.45) is 5.92 Å². The molecule has 0 saturated heterocycles. The van der Waals surface area contributed by atoms with E-state index in [4.69, 9.17) is 24.2 Å². The molecule has 0 aliphatic rings. The average Bonchev–Trinajstić information content (AvgIpc) is 2.81. The molecule has 1 rings (SSSR count). The monoisotopic (exact) mass is 495 g/mol. The summed E-state index contributed by atoms with van der Waals surface area (Å²) in [5.74, 6) is 1.09. The lowest BCUT2D eigenvalue weighted by Crippen LogP contribution is -2.34. The minimum Gasteiger partial charge on any atom is -0.490 e. The highest BCUT2D eigenvalue weighted by atomic mass is 32.2. The lowest BCUT2D eigenvalue weighted by atomic mass is 10.1. The van der Waals surface area contributed by atoms with Crippen molar-refractivity contribution in [3.05, 3.63) is 29.8 Å². The second-order valence-corrected chi connectivity index (χ2v) is 9.42. The number of hydrogen-bond acceptors (Lipinski definition) is 8. The molecule has 1 amide bonds. The first-order chi connectivity index (χ1) is 16.4. The first-order valence-corrected chi connectivity index (χ1v) is 12.9. The number of rotatable bonds is 20. The zero-order chi connectivity index (χ0) is 25.0. The van der Waals surface area contributed by atoms with Crippen LogP contribution in [0.3, 0.4) is 0 Å². The summed E-state index contributed by atoms with van der Waals surface area (Å²) in [6.07, 6.45) is 2.24. The van der Waals surface area contributed by atoms with Crippen molar-refractivity contribution in [2.75, 3.05) is 52.7 Å². The lowest BCUT2D eigenvalue weighted by molar-refractivity contribution is 0.000944. The summed E-state index contributed by atoms with van der Waals surface area (Å²) in [4.78, 5) is 12.3. The number of nitrogens with zero attached hydrogens (tertiary/aromatic N) is 1. The number of nitriles is 1. The average molecular weight is 496 g/mol. The molecule has 8 nitrogen and oxygen atoms in total. The van der Waals surface area contributed by atoms with E-state index in [9.17, 15) is 4.79 Å². The van der Waals surface area contributed by atoms with Crippen molar-refractivity contribution in [1.29, 1.82) is 5.26 Å². The van der Waals surface area contributed by atoms with E-state index >= 15 is 0 Å². The van der Waals surface area contributed by atoms with Crippen molar-refractivity contribution in [3.8, 4) is 11.2 Å². The van der Waals surface area contributed by atoms with Gasteiger partial charge in [0, 0.05) is 31.3 Å². The molecule has 9 heteroatoms. The first-order valence-electron chi connectivity index (χ1n) is 12.0. The Morgan fingerprint density at radius 2 is 1.79 bits per heavy atom. The standard InChI is InChI=1S/C25H41N3O5S/c1-20(2)7-6-12-30-13-14-31-15-16-32-24(34-19-26)18-33-23-9-5-8-22(17-23)25(29)28-11-10-27-21(3)4/h5,8-9,17,20-21,24,27H,6-7,10-16,18H2,1-4H3,(H,28,29). The SMILES string of the molecule is CC(C)CCCOCCOCCOC(COc1cccc(C(=O)NCCNC(C)C)c1)SC#N. The van der Waals surface area contributed by atoms with E-state index in [1.165, 1.54) is 6.42 Å². The maximum Gasteiger partial charge on any atom is 0.251 e. The number of benzene rings is 1. The quantitative estimate of drug-likeness (QED) is 0.160. The van der Waals surface area contributed by atoms with Gasteiger partial charge in [-0.3, -0.25) is 4.79 Å². The van der Waals surface area contributed by atoms with Gasteiger partial charge in [0.05, 0.1) is 26.4 Å². The second kappa shape index (κ2) is 19.5. The third-order valence-corrected chi connectivity index (χ3v) is 5.24. The van der Waals surface area contributed by atoms with E-state index in [0.29, 0.717) is 62.8 Å². The summed E-state index contributed by atoms with van der Waals surface area (Å²) in [5.41, 5.74) is 0.0627. The van der Waals surface area contributed by atoms with Crippen molar-refractivity contribution in [3.63, 3.8) is 0 Å². The van der Waals surface area contributed by atoms with Gasteiger partial charge in [0.15, 0.2) is 5.44 Å². The minimum atomic E-state index is -0.458. The number of carbonyl (C=O) groups excluding carboxylic acids is 1. The number of carbonyl (C=O) groups is 1. The van der Waals surface area contributed by atoms with Crippen LogP contribution in [0.4, 0.5) is 0 Å². The van der Waals surface area contributed by atoms with Crippen LogP contribution in [-0.4, -0.2) is 70.1 Å². The lowest BCUT2D eigenvalue weighted by Gasteiger charge is -2.16. The van der Waals surface area contributed by atoms with E-state index in [2.05, 4.69) is 38.3 Å². The van der Waals surface area contributed by atoms with Crippen LogP contribution in [0.5, 0.6) is 5.75 Å². The summed E-state index contributed by atoms with van der Waals surface area (Å²) in [5, 5.41) is 17.2. The second-order valence-electron chi connectivity index (χ2n) is 8.47. The van der Waals surface area contributed by atoms with E-state index in [1.807, 2.05) is 5.40 Å². The van der Waals surface area contributed by atoms with Gasteiger partial charge in [-0.05, 0) is 48.7 Å². The van der Waals surface area contributed by atoms with Gasteiger partial charge in [0.25, 0.3) is 5.91 Å². The van der Waals surface area contributed by atoms with Gasteiger partial charge in [-0.25, -0.2) is 0 Å². The molecule has 0 aromatic heterocycles. The van der Waals surface area contributed by atoms with Crippen molar-refractivity contribution < 1.29 is 23.7 Å². The molecule has 2 N–H and O–H groups in total. The molecule has 192 valence electrons. The third-order valence-electron chi connectivity index (χ3n) is 4.60. The van der Waals surface area contributed by atoms with Crippen LogP contribution in [0.25, 0.3) is 0 Å². The molecule has 34 heavy (non-hydrogen) atoms. The van der Waals surface area contributed by atoms with Crippen LogP contribution in [0.2, 0.25) is 0 Å². The Balaban J connectivity index is 2.26. The molecule has 0 bridgehead atoms. The molecule has 1 atom stereocenters. The number of hydrogen-bond donors (Lipinski definition) is 2. The third kappa shape index (κ3) is 15.9. The Kier molecular flexibility index (Phi) is 17.3. The smallest absolute Gasteiger partial charge is 0.251 e. The number of amides is 1. The highest BCUT2D eigenvalue weighted by Gasteiger charge is 2.12. The number of nitrogens with one attached hydrogen (secondary N) is 2. The maximum absolute atomic E-state index is 12.3. The molecule has 0 radical (unpaired) electrons. The number of thioether (sulfide) groups is 1. The van der Waals surface area contributed by atoms with Gasteiger partial charge < -0.3 is 29.6 Å². The van der Waals surface area contributed by atoms with E-state index in [0.717, 1.165) is 24.8 Å². The van der Waals surface area contributed by atoms with Crippen LogP contribution >= 0.6 is 11.8 Å². The molecule has 1 unspecified atom stereocenters. The van der Waals surface area contributed by atoms with Crippen LogP contribution in [-0.2, 0) is 14.2 Å². The zero-order valence-electron chi connectivity index (χ0n) is 21.0. The molecule has 1 aromatic carbocycles. The number of thiocyanates is 1. The summed E-state index contributed by atoms with van der Waals surface area (Å²) in [7, 11) is 0. The van der Waals surface area contributed by atoms with Crippen molar-refractivity contribution in [2.45, 2.75) is 52.0 Å². The van der Waals surface area contributed by atoms with E-state index in [-0.39, 0.29) is 12.5 Å². The Labute approximate surface area is 209 Å². The predicted molar refractivity (Wildman–Crippen MR) is 136 cm³/mol. The molecule has 0 aliphatic carbocycles. The molecule has 0 saturated carbocycles. The molecule has 0 spiro atoms. The van der Waals surface area contributed by atoms with E-state index in [1.54, 1.807) is 24.3 Å². The predicted octanol–water partition coefficient (Wildman–Crippen LogP) is 3.82. The maximum atomic E-state index is 12.3. The summed E-state index contributed by atoms with van der Waals surface area (Å²) in [6.45, 7) is 12.6. The van der Waals surface area contributed by atoms with Gasteiger partial charge in [-0.2, -0.15) is 5.26 Å². The molecular weight excluding hydrogens is 454 g/mol. The number of ether oxygens (including phenoxy) is 4. The summed E-state index contributed by atoms with van der Waals surface area (Å²) in [6, 6.07) is 7.34. The Hall–Kier alpha value is -1.83. The molecule has 0 heterocycles. The fraction of sp³-hybridized carbons (Fsp3) is 0.680. The van der Waals surface area contributed by atoms with Gasteiger partial charge in [-0.15, -0.1) is 0 Å². The summed E-state index contributed by atoms with van der Waals surface area (Å²) >= 11 is 0.993. The fourth-order valence-electron chi connectivity index (χ4n) is 2.86. The summed E-state index contributed by atoms with van der Waals surface area (Å²) < 4.78 is 22.5. The van der Waals surface area contributed by atoms with Gasteiger partial charge >= 0.3 is 0 Å². The zero-order valence-corrected chi connectivity index (χ0v) is 21.8. The topological polar surface area (TPSA) is 102 Å². The largest absolute Gasteiger partial charge is 0.490 e. The van der Waals surface area contributed by atoms with Gasteiger partial charge in [-0.1, -0.05) is 33.8 Å². The normalized spacial score (nSPS) is 12.0. The van der Waals surface area contributed by atoms with Crippen molar-refractivity contribution >= 4 is 17.7 Å². The van der Waals surface area contributed by atoms with Crippen LogP contribution < -0.4 is 15.4 Å². The Bertz CT molecular complexity index is 712. The highest BCUT2D eigenvalue weighted by molar-refractivity contribution is 8.04. The molecule has 0 aliphatic heterocycles. The van der Waals surface area contributed by atoms with Crippen LogP contribution in [0.1, 0.15) is 50.9 Å². The van der Waals surface area contributed by atoms with E-state index < -0.39 is 5.44 Å². The van der Waals surface area contributed by atoms with Gasteiger partial charge in [0.1, 0.15) is 17.8 Å². The van der Waals surface area contributed by atoms with Crippen molar-refractivity contribution in [1.82, 2.24) is 10.6 Å². The Morgan fingerprint density at radius 3 is 2.50 bits per heavy atom.